The van der Waals surface area contributed by atoms with Crippen molar-refractivity contribution in [2.75, 3.05) is 20.6 Å². The average molecular weight is 300 g/mol. The van der Waals surface area contributed by atoms with Crippen LogP contribution in [0.15, 0.2) is 12.4 Å². The van der Waals surface area contributed by atoms with Crippen LogP contribution in [-0.4, -0.2) is 40.3 Å². The standard InChI is InChI=1S/C12H18ClN5S/c1-8-15-7-10(19-8)11(14)12-9(13)6-16-18(12)5-4-17(2)3/h6-7,11H,4-5,14H2,1-3H3. The van der Waals surface area contributed by atoms with Crippen molar-refractivity contribution >= 4 is 22.9 Å². The molecule has 2 heterocycles. The van der Waals surface area contributed by atoms with E-state index < -0.39 is 0 Å². The maximum atomic E-state index is 6.29. The van der Waals surface area contributed by atoms with E-state index in [4.69, 9.17) is 17.3 Å². The fourth-order valence-corrected chi connectivity index (χ4v) is 2.86. The number of hydrogen-bond acceptors (Lipinski definition) is 5. The van der Waals surface area contributed by atoms with Gasteiger partial charge in [-0.05, 0) is 21.0 Å². The van der Waals surface area contributed by atoms with Crippen LogP contribution in [0.2, 0.25) is 5.02 Å². The molecule has 0 radical (unpaired) electrons. The molecule has 2 aromatic heterocycles. The molecule has 104 valence electrons. The molecule has 0 amide bonds. The van der Waals surface area contributed by atoms with Crippen LogP contribution in [0.4, 0.5) is 0 Å². The number of likely N-dealkylation sites (N-methyl/N-ethyl adjacent to an activating group) is 1. The van der Waals surface area contributed by atoms with Crippen LogP contribution in [0.1, 0.15) is 21.6 Å². The van der Waals surface area contributed by atoms with Gasteiger partial charge in [-0.1, -0.05) is 11.6 Å². The van der Waals surface area contributed by atoms with Crippen LogP contribution in [0, 0.1) is 6.92 Å². The summed E-state index contributed by atoms with van der Waals surface area (Å²) in [5.41, 5.74) is 7.15. The molecule has 0 aliphatic heterocycles. The highest BCUT2D eigenvalue weighted by Crippen LogP contribution is 2.29. The summed E-state index contributed by atoms with van der Waals surface area (Å²) in [6, 6.07) is -0.275. The number of halogens is 1. The molecule has 2 N–H and O–H groups in total. The van der Waals surface area contributed by atoms with E-state index in [1.165, 1.54) is 0 Å². The predicted molar refractivity (Wildman–Crippen MR) is 78.7 cm³/mol. The first kappa shape index (κ1) is 14.5. The lowest BCUT2D eigenvalue weighted by atomic mass is 10.2. The van der Waals surface area contributed by atoms with Gasteiger partial charge in [-0.25, -0.2) is 4.98 Å². The van der Waals surface area contributed by atoms with E-state index in [1.54, 1.807) is 17.5 Å². The van der Waals surface area contributed by atoms with Crippen molar-refractivity contribution in [1.82, 2.24) is 19.7 Å². The zero-order valence-corrected chi connectivity index (χ0v) is 12.9. The third-order valence-electron chi connectivity index (χ3n) is 2.83. The number of nitrogens with two attached hydrogens (primary N) is 1. The van der Waals surface area contributed by atoms with Crippen molar-refractivity contribution in [2.45, 2.75) is 19.5 Å². The Kier molecular flexibility index (Phi) is 4.57. The molecule has 1 atom stereocenters. The van der Waals surface area contributed by atoms with Crippen LogP contribution in [0.25, 0.3) is 0 Å². The number of rotatable bonds is 5. The highest BCUT2D eigenvalue weighted by atomic mass is 35.5. The Morgan fingerprint density at radius 3 is 2.79 bits per heavy atom. The van der Waals surface area contributed by atoms with Gasteiger partial charge >= 0.3 is 0 Å². The molecule has 0 bridgehead atoms. The Morgan fingerprint density at radius 2 is 2.21 bits per heavy atom. The summed E-state index contributed by atoms with van der Waals surface area (Å²) >= 11 is 7.81. The van der Waals surface area contributed by atoms with Gasteiger partial charge in [-0.15, -0.1) is 11.3 Å². The van der Waals surface area contributed by atoms with E-state index in [-0.39, 0.29) is 6.04 Å². The van der Waals surface area contributed by atoms with Crippen molar-refractivity contribution < 1.29 is 0 Å². The smallest absolute Gasteiger partial charge is 0.0897 e. The Bertz CT molecular complexity index is 548. The quantitative estimate of drug-likeness (QED) is 0.916. The zero-order chi connectivity index (χ0) is 14.0. The van der Waals surface area contributed by atoms with Crippen molar-refractivity contribution in [2.24, 2.45) is 5.73 Å². The van der Waals surface area contributed by atoms with Gasteiger partial charge in [0.2, 0.25) is 0 Å². The van der Waals surface area contributed by atoms with E-state index in [1.807, 2.05) is 31.9 Å². The first-order valence-corrected chi connectivity index (χ1v) is 7.22. The molecular formula is C12H18ClN5S. The normalized spacial score (nSPS) is 13.2. The van der Waals surface area contributed by atoms with E-state index in [0.29, 0.717) is 5.02 Å². The second-order valence-corrected chi connectivity index (χ2v) is 6.34. The summed E-state index contributed by atoms with van der Waals surface area (Å²) in [6.07, 6.45) is 3.46. The number of aromatic nitrogens is 3. The molecular weight excluding hydrogens is 282 g/mol. The van der Waals surface area contributed by atoms with Crippen LogP contribution < -0.4 is 5.73 Å². The lowest BCUT2D eigenvalue weighted by Gasteiger charge is -2.15. The summed E-state index contributed by atoms with van der Waals surface area (Å²) in [7, 11) is 4.05. The topological polar surface area (TPSA) is 60.0 Å². The van der Waals surface area contributed by atoms with Crippen molar-refractivity contribution in [3.8, 4) is 0 Å². The third kappa shape index (κ3) is 3.33. The predicted octanol–water partition coefficient (Wildman–Crippen LogP) is 1.91. The molecule has 5 nitrogen and oxygen atoms in total. The Labute approximate surface area is 122 Å². The Balaban J connectivity index is 2.25. The number of hydrogen-bond donors (Lipinski definition) is 1. The minimum atomic E-state index is -0.275. The second-order valence-electron chi connectivity index (χ2n) is 4.66. The maximum Gasteiger partial charge on any atom is 0.0897 e. The molecule has 0 aliphatic rings. The van der Waals surface area contributed by atoms with Crippen LogP contribution in [-0.2, 0) is 6.54 Å². The van der Waals surface area contributed by atoms with Gasteiger partial charge in [0.1, 0.15) is 0 Å². The van der Waals surface area contributed by atoms with Gasteiger partial charge in [0.15, 0.2) is 0 Å². The molecule has 2 aromatic rings. The minimum Gasteiger partial charge on any atom is -0.318 e. The zero-order valence-electron chi connectivity index (χ0n) is 11.3. The van der Waals surface area contributed by atoms with Crippen LogP contribution in [0.3, 0.4) is 0 Å². The monoisotopic (exact) mass is 299 g/mol. The second kappa shape index (κ2) is 6.00. The summed E-state index contributed by atoms with van der Waals surface area (Å²) in [6.45, 7) is 3.62. The summed E-state index contributed by atoms with van der Waals surface area (Å²) in [5, 5.41) is 5.91. The number of thiazole rings is 1. The lowest BCUT2D eigenvalue weighted by molar-refractivity contribution is 0.368. The van der Waals surface area contributed by atoms with E-state index in [9.17, 15) is 0 Å². The molecule has 0 aliphatic carbocycles. The number of aryl methyl sites for hydroxylation is 1. The number of nitrogens with zero attached hydrogens (tertiary/aromatic N) is 4. The fraction of sp³-hybridized carbons (Fsp3) is 0.500. The molecule has 7 heteroatoms. The summed E-state index contributed by atoms with van der Waals surface area (Å²) in [4.78, 5) is 7.34. The summed E-state index contributed by atoms with van der Waals surface area (Å²) < 4.78 is 1.88. The van der Waals surface area contributed by atoms with Crippen LogP contribution >= 0.6 is 22.9 Å². The molecule has 0 saturated carbocycles. The van der Waals surface area contributed by atoms with Crippen molar-refractivity contribution in [3.63, 3.8) is 0 Å². The molecule has 0 spiro atoms. The maximum absolute atomic E-state index is 6.29. The van der Waals surface area contributed by atoms with E-state index in [0.717, 1.165) is 28.7 Å². The first-order valence-electron chi connectivity index (χ1n) is 6.03. The van der Waals surface area contributed by atoms with Gasteiger partial charge in [-0.3, -0.25) is 4.68 Å². The lowest BCUT2D eigenvalue weighted by Crippen LogP contribution is -2.23. The third-order valence-corrected chi connectivity index (χ3v) is 4.12. The van der Waals surface area contributed by atoms with Gasteiger partial charge < -0.3 is 10.6 Å². The Hall–Kier alpha value is -0.950. The van der Waals surface area contributed by atoms with Crippen molar-refractivity contribution in [3.05, 3.63) is 33.0 Å². The van der Waals surface area contributed by atoms with Gasteiger partial charge in [0.25, 0.3) is 0 Å². The molecule has 19 heavy (non-hydrogen) atoms. The van der Waals surface area contributed by atoms with Crippen molar-refractivity contribution in [1.29, 1.82) is 0 Å². The Morgan fingerprint density at radius 1 is 1.47 bits per heavy atom. The fourth-order valence-electron chi connectivity index (χ4n) is 1.81. The molecule has 1 unspecified atom stereocenters. The van der Waals surface area contributed by atoms with E-state index >= 15 is 0 Å². The molecule has 0 saturated heterocycles. The van der Waals surface area contributed by atoms with Gasteiger partial charge in [0.05, 0.1) is 34.5 Å². The average Bonchev–Trinajstić information content (AvgIpc) is 2.92. The van der Waals surface area contributed by atoms with E-state index in [2.05, 4.69) is 15.0 Å². The molecule has 2 rings (SSSR count). The van der Waals surface area contributed by atoms with Gasteiger partial charge in [0, 0.05) is 17.6 Å². The molecule has 0 aromatic carbocycles. The SMILES string of the molecule is Cc1ncc(C(N)c2c(Cl)cnn2CCN(C)C)s1. The first-order chi connectivity index (χ1) is 8.99. The summed E-state index contributed by atoms with van der Waals surface area (Å²) in [5.74, 6) is 0. The largest absolute Gasteiger partial charge is 0.318 e. The van der Waals surface area contributed by atoms with Crippen LogP contribution in [0.5, 0.6) is 0 Å². The van der Waals surface area contributed by atoms with Gasteiger partial charge in [-0.2, -0.15) is 5.10 Å². The highest BCUT2D eigenvalue weighted by Gasteiger charge is 2.20. The molecule has 0 fully saturated rings. The minimum absolute atomic E-state index is 0.275. The highest BCUT2D eigenvalue weighted by molar-refractivity contribution is 7.11.